The van der Waals surface area contributed by atoms with Gasteiger partial charge < -0.3 is 41.2 Å². The van der Waals surface area contributed by atoms with Crippen molar-refractivity contribution in [3.05, 3.63) is 10.4 Å². The molecule has 1 rings (SSSR count). The van der Waals surface area contributed by atoms with Gasteiger partial charge in [-0.05, 0) is 5.53 Å². The molecule has 1 saturated heterocycles. The van der Waals surface area contributed by atoms with Gasteiger partial charge in [-0.25, -0.2) is 0 Å². The molecule has 11 nitrogen and oxygen atoms in total. The zero-order valence-corrected chi connectivity index (χ0v) is 10.1. The highest BCUT2D eigenvalue weighted by molar-refractivity contribution is 5.73. The van der Waals surface area contributed by atoms with E-state index in [1.54, 1.807) is 0 Å². The molecule has 1 heterocycles. The Balaban J connectivity index is 0.00000324. The number of nitrogens with zero attached hydrogens (tertiary/aromatic N) is 3. The van der Waals surface area contributed by atoms with Crippen LogP contribution in [0.15, 0.2) is 5.11 Å². The molecule has 0 aromatic rings. The smallest absolute Gasteiger partial charge is 0.210 e. The van der Waals surface area contributed by atoms with Gasteiger partial charge in [-0.1, -0.05) is 5.11 Å². The van der Waals surface area contributed by atoms with Crippen LogP contribution in [0.25, 0.3) is 10.4 Å². The summed E-state index contributed by atoms with van der Waals surface area (Å²) in [6, 6.07) is 0. The van der Waals surface area contributed by atoms with Gasteiger partial charge in [0.1, 0.15) is 18.2 Å². The lowest BCUT2D eigenvalue weighted by molar-refractivity contribution is -0.378. The lowest BCUT2D eigenvalue weighted by Gasteiger charge is -2.44. The van der Waals surface area contributed by atoms with E-state index in [0.29, 0.717) is 0 Å². The van der Waals surface area contributed by atoms with Crippen LogP contribution in [0.3, 0.4) is 0 Å². The Kier molecular flexibility index (Phi) is 6.12. The second-order valence-electron chi connectivity index (χ2n) is 3.90. The van der Waals surface area contributed by atoms with E-state index in [2.05, 4.69) is 14.8 Å². The summed E-state index contributed by atoms with van der Waals surface area (Å²) < 4.78 is 4.63. The van der Waals surface area contributed by atoms with Crippen molar-refractivity contribution in [1.29, 1.82) is 0 Å². The van der Waals surface area contributed by atoms with E-state index >= 15 is 0 Å². The van der Waals surface area contributed by atoms with Crippen molar-refractivity contribution < 1.29 is 35.1 Å². The monoisotopic (exact) mass is 280 g/mol. The fourth-order valence-corrected chi connectivity index (χ4v) is 1.63. The Morgan fingerprint density at radius 1 is 1.63 bits per heavy atom. The number of aliphatic carboxylic acids is 1. The zero-order valence-electron chi connectivity index (χ0n) is 10.1. The summed E-state index contributed by atoms with van der Waals surface area (Å²) in [6.07, 6.45) is -7.28. The molecule has 0 amide bonds. The highest BCUT2D eigenvalue weighted by atomic mass is 16.7. The normalized spacial score (nSPS) is 35.7. The lowest BCUT2D eigenvalue weighted by Crippen LogP contribution is -2.64. The van der Waals surface area contributed by atoms with Gasteiger partial charge in [0.05, 0.1) is 18.8 Å². The van der Waals surface area contributed by atoms with E-state index in [0.717, 1.165) is 0 Å². The third kappa shape index (κ3) is 3.75. The molecule has 0 aromatic heterocycles. The Hall–Kier alpha value is -1.46. The number of carbonyl (C=O) groups is 1. The third-order valence-corrected chi connectivity index (χ3v) is 2.58. The number of rotatable bonds is 4. The van der Waals surface area contributed by atoms with Crippen molar-refractivity contribution in [3.8, 4) is 0 Å². The highest BCUT2D eigenvalue weighted by Crippen LogP contribution is 2.29. The maximum Gasteiger partial charge on any atom is 0.210 e. The van der Waals surface area contributed by atoms with Gasteiger partial charge in [0, 0.05) is 11.3 Å². The number of hydrogen-bond acceptors (Lipinski definition) is 8. The van der Waals surface area contributed by atoms with E-state index in [9.17, 15) is 30.3 Å². The van der Waals surface area contributed by atoms with Crippen molar-refractivity contribution >= 4 is 5.97 Å². The summed E-state index contributed by atoms with van der Waals surface area (Å²) in [5, 5.41) is 51.7. The average Bonchev–Trinajstić information content (AvgIpc) is 2.30. The molecule has 0 bridgehead atoms. The summed E-state index contributed by atoms with van der Waals surface area (Å²) in [5.74, 6) is -4.82. The minimum Gasteiger partial charge on any atom is -0.544 e. The first-order valence-corrected chi connectivity index (χ1v) is 4.98. The van der Waals surface area contributed by atoms with Crippen molar-refractivity contribution in [3.63, 3.8) is 0 Å². The van der Waals surface area contributed by atoms with Crippen molar-refractivity contribution in [2.24, 2.45) is 5.11 Å². The van der Waals surface area contributed by atoms with Gasteiger partial charge in [-0.2, -0.15) is 0 Å². The standard InChI is InChI=1S/C8H13N3O7.H3N/c9-11-10-2-4(13)6-5(14)3(12)1-8(17,18-6)7(15)16;/h3-6,12-14,17H,1-2H2,(H,15,16);1H3/t3-,4-,5-,6?,8-;/m1./s1. The number of carboxylic acid groups (broad SMARTS) is 1. The molecule has 1 unspecified atom stereocenters. The van der Waals surface area contributed by atoms with E-state index in [4.69, 9.17) is 5.53 Å². The molecule has 11 heteroatoms. The van der Waals surface area contributed by atoms with Gasteiger partial charge in [-0.3, -0.25) is 0 Å². The van der Waals surface area contributed by atoms with E-state index in [-0.39, 0.29) is 6.15 Å². The highest BCUT2D eigenvalue weighted by Gasteiger charge is 2.48. The summed E-state index contributed by atoms with van der Waals surface area (Å²) in [4.78, 5) is 13.0. The summed E-state index contributed by atoms with van der Waals surface area (Å²) in [6.45, 7) is -0.520. The quantitative estimate of drug-likeness (QED) is 0.204. The van der Waals surface area contributed by atoms with Crippen molar-refractivity contribution in [2.75, 3.05) is 6.54 Å². The van der Waals surface area contributed by atoms with Gasteiger partial charge in [0.2, 0.25) is 5.79 Å². The van der Waals surface area contributed by atoms with Crippen LogP contribution in [0.5, 0.6) is 0 Å². The Morgan fingerprint density at radius 2 is 2.21 bits per heavy atom. The van der Waals surface area contributed by atoms with Crippen LogP contribution in [0, 0.1) is 0 Å². The molecule has 0 aromatic carbocycles. The number of ether oxygens (including phenoxy) is 1. The topological polar surface area (TPSA) is 216 Å². The number of aliphatic hydroxyl groups is 4. The first-order valence-electron chi connectivity index (χ1n) is 4.98. The van der Waals surface area contributed by atoms with Crippen molar-refractivity contribution in [2.45, 2.75) is 36.6 Å². The van der Waals surface area contributed by atoms with Gasteiger partial charge in [0.15, 0.2) is 0 Å². The van der Waals surface area contributed by atoms with Crippen LogP contribution < -0.4 is 11.3 Å². The summed E-state index contributed by atoms with van der Waals surface area (Å²) >= 11 is 0. The molecule has 19 heavy (non-hydrogen) atoms. The molecule has 1 aliphatic rings. The first kappa shape index (κ1) is 17.5. The number of aliphatic hydroxyl groups excluding tert-OH is 3. The first-order chi connectivity index (χ1) is 8.31. The fraction of sp³-hybridized carbons (Fsp3) is 0.875. The van der Waals surface area contributed by atoms with Gasteiger partial charge in [0.25, 0.3) is 0 Å². The minimum absolute atomic E-state index is 0. The lowest BCUT2D eigenvalue weighted by atomic mass is 9.92. The SMILES string of the molecule is [N-]=[N+]=NC[C@@H](O)C1O[C@@](O)(C(=O)[O-])C[C@@H](O)[C@H]1O.[NH4+]. The fourth-order valence-electron chi connectivity index (χ4n) is 1.63. The third-order valence-electron chi connectivity index (χ3n) is 2.58. The largest absolute Gasteiger partial charge is 0.544 e. The molecule has 0 radical (unpaired) electrons. The number of quaternary nitrogens is 1. The maximum absolute atomic E-state index is 10.7. The van der Waals surface area contributed by atoms with Crippen LogP contribution in [0.2, 0.25) is 0 Å². The maximum atomic E-state index is 10.7. The van der Waals surface area contributed by atoms with Crippen LogP contribution in [0.4, 0.5) is 0 Å². The number of hydrogen-bond donors (Lipinski definition) is 5. The van der Waals surface area contributed by atoms with E-state index in [1.807, 2.05) is 0 Å². The predicted octanol–water partition coefficient (Wildman–Crippen LogP) is -3.02. The second-order valence-corrected chi connectivity index (χ2v) is 3.90. The number of carboxylic acids is 1. The number of carbonyl (C=O) groups excluding carboxylic acids is 1. The van der Waals surface area contributed by atoms with Gasteiger partial charge >= 0.3 is 0 Å². The van der Waals surface area contributed by atoms with E-state index < -0.39 is 49.1 Å². The molecule has 1 fully saturated rings. The minimum atomic E-state index is -2.82. The molecule has 110 valence electrons. The Morgan fingerprint density at radius 3 is 2.68 bits per heavy atom. The summed E-state index contributed by atoms with van der Waals surface area (Å²) in [7, 11) is 0. The molecular weight excluding hydrogens is 264 g/mol. The second kappa shape index (κ2) is 6.63. The number of azide groups is 1. The molecule has 1 aliphatic heterocycles. The molecule has 0 saturated carbocycles. The van der Waals surface area contributed by atoms with Crippen LogP contribution in [-0.2, 0) is 9.53 Å². The molecular formula is C8H16N4O7. The van der Waals surface area contributed by atoms with Gasteiger partial charge in [-0.15, -0.1) is 0 Å². The molecule has 0 spiro atoms. The Labute approximate surface area is 107 Å². The Bertz CT molecular complexity index is 374. The molecule has 8 N–H and O–H groups in total. The predicted molar refractivity (Wildman–Crippen MR) is 57.5 cm³/mol. The van der Waals surface area contributed by atoms with Crippen molar-refractivity contribution in [1.82, 2.24) is 6.15 Å². The summed E-state index contributed by atoms with van der Waals surface area (Å²) in [5.41, 5.74) is 8.06. The zero-order chi connectivity index (χ0) is 13.9. The van der Waals surface area contributed by atoms with Crippen LogP contribution >= 0.6 is 0 Å². The average molecular weight is 280 g/mol. The molecule has 5 atom stereocenters. The molecule has 0 aliphatic carbocycles. The van der Waals surface area contributed by atoms with E-state index in [1.165, 1.54) is 0 Å². The van der Waals surface area contributed by atoms with Crippen LogP contribution in [-0.4, -0.2) is 63.1 Å². The van der Waals surface area contributed by atoms with Crippen LogP contribution in [0.1, 0.15) is 6.42 Å².